The van der Waals surface area contributed by atoms with E-state index in [9.17, 15) is 4.79 Å². The van der Waals surface area contributed by atoms with Crippen LogP contribution >= 0.6 is 12.2 Å². The smallest absolute Gasteiger partial charge is 0.254 e. The molecule has 0 unspecified atom stereocenters. The van der Waals surface area contributed by atoms with E-state index in [1.54, 1.807) is 0 Å². The number of nitrogens with one attached hydrogen (secondary N) is 2. The lowest BCUT2D eigenvalue weighted by atomic mass is 9.78. The summed E-state index contributed by atoms with van der Waals surface area (Å²) in [6.45, 7) is 5.21. The van der Waals surface area contributed by atoms with Gasteiger partial charge in [-0.1, -0.05) is 19.3 Å². The molecule has 2 saturated heterocycles. The van der Waals surface area contributed by atoms with Gasteiger partial charge in [-0.3, -0.25) is 4.79 Å². The molecule has 0 radical (unpaired) electrons. The molecule has 0 aromatic heterocycles. The summed E-state index contributed by atoms with van der Waals surface area (Å²) in [5.41, 5.74) is 1.71. The number of hydrogen-bond acceptors (Lipinski definition) is 3. The van der Waals surface area contributed by atoms with E-state index in [4.69, 9.17) is 12.2 Å². The maximum Gasteiger partial charge on any atom is 0.254 e. The lowest BCUT2D eigenvalue weighted by molar-refractivity contribution is 0.0391. The van der Waals surface area contributed by atoms with Crippen LogP contribution in [0.1, 0.15) is 68.1 Å². The number of amides is 1. The van der Waals surface area contributed by atoms with Crippen molar-refractivity contribution < 1.29 is 4.79 Å². The summed E-state index contributed by atoms with van der Waals surface area (Å²) in [5.74, 6) is 0.908. The zero-order chi connectivity index (χ0) is 20.8. The van der Waals surface area contributed by atoms with Gasteiger partial charge in [-0.05, 0) is 94.0 Å². The maximum absolute atomic E-state index is 13.1. The number of rotatable bonds is 5. The molecule has 1 amide bonds. The number of benzene rings is 1. The molecular formula is C24H36N4OS. The molecule has 3 aliphatic rings. The van der Waals surface area contributed by atoms with E-state index < -0.39 is 0 Å². The molecule has 1 aromatic rings. The first-order valence-electron chi connectivity index (χ1n) is 11.9. The van der Waals surface area contributed by atoms with Gasteiger partial charge in [0.25, 0.3) is 5.91 Å². The Labute approximate surface area is 186 Å². The summed E-state index contributed by atoms with van der Waals surface area (Å²) >= 11 is 5.44. The first-order chi connectivity index (χ1) is 14.7. The van der Waals surface area contributed by atoms with Crippen molar-refractivity contribution in [2.45, 2.75) is 63.8 Å². The van der Waals surface area contributed by atoms with Crippen molar-refractivity contribution in [3.63, 3.8) is 0 Å². The number of hydrogen-bond donors (Lipinski definition) is 2. The number of nitrogens with zero attached hydrogens (tertiary/aromatic N) is 2. The fourth-order valence-electron chi connectivity index (χ4n) is 5.42. The molecule has 0 spiro atoms. The van der Waals surface area contributed by atoms with Crippen LogP contribution in [0.3, 0.4) is 0 Å². The third-order valence-corrected chi connectivity index (χ3v) is 7.30. The standard InChI is InChI=1S/C24H36N4OS/c29-23(28-17-6-8-19-7-2-3-9-22(19)28)20-10-12-21(13-11-20)26-24(30)25-14-18-27-15-4-1-5-16-27/h10-13,19,22H,1-9,14-18H2,(H2,25,26,30)/t19-,22-/m0/s1. The fourth-order valence-corrected chi connectivity index (χ4v) is 5.64. The molecule has 3 fully saturated rings. The van der Waals surface area contributed by atoms with Crippen molar-refractivity contribution in [3.8, 4) is 0 Å². The summed E-state index contributed by atoms with van der Waals surface area (Å²) in [7, 11) is 0. The SMILES string of the molecule is O=C(c1ccc(NC(=S)NCCN2CCCCC2)cc1)N1CCC[C@@H]2CCCC[C@@H]21. The highest BCUT2D eigenvalue weighted by molar-refractivity contribution is 7.80. The molecule has 6 heteroatoms. The Hall–Kier alpha value is -1.66. The van der Waals surface area contributed by atoms with E-state index >= 15 is 0 Å². The van der Waals surface area contributed by atoms with Crippen LogP contribution in [0.5, 0.6) is 0 Å². The van der Waals surface area contributed by atoms with Crippen molar-refractivity contribution >= 4 is 28.9 Å². The zero-order valence-corrected chi connectivity index (χ0v) is 18.9. The second kappa shape index (κ2) is 10.6. The molecule has 30 heavy (non-hydrogen) atoms. The Kier molecular flexibility index (Phi) is 7.61. The summed E-state index contributed by atoms with van der Waals surface area (Å²) < 4.78 is 0. The van der Waals surface area contributed by atoms with Gasteiger partial charge in [-0.25, -0.2) is 0 Å². The van der Waals surface area contributed by atoms with Gasteiger partial charge in [-0.15, -0.1) is 0 Å². The Morgan fingerprint density at radius 3 is 2.47 bits per heavy atom. The van der Waals surface area contributed by atoms with Gasteiger partial charge >= 0.3 is 0 Å². The highest BCUT2D eigenvalue weighted by Gasteiger charge is 2.35. The molecule has 1 saturated carbocycles. The molecule has 4 rings (SSSR count). The van der Waals surface area contributed by atoms with Gasteiger partial charge in [0.1, 0.15) is 0 Å². The van der Waals surface area contributed by atoms with Crippen LogP contribution in [0, 0.1) is 5.92 Å². The molecule has 2 N–H and O–H groups in total. The zero-order valence-electron chi connectivity index (χ0n) is 18.1. The predicted octanol–water partition coefficient (Wildman–Crippen LogP) is 4.25. The van der Waals surface area contributed by atoms with Gasteiger partial charge in [0.2, 0.25) is 0 Å². The molecule has 1 aromatic carbocycles. The number of carbonyl (C=O) groups is 1. The molecule has 2 heterocycles. The van der Waals surface area contributed by atoms with Gasteiger partial charge in [-0.2, -0.15) is 0 Å². The van der Waals surface area contributed by atoms with Crippen LogP contribution in [-0.4, -0.2) is 59.6 Å². The lowest BCUT2D eigenvalue weighted by Crippen LogP contribution is -2.49. The highest BCUT2D eigenvalue weighted by atomic mass is 32.1. The summed E-state index contributed by atoms with van der Waals surface area (Å²) in [5, 5.41) is 7.20. The largest absolute Gasteiger partial charge is 0.361 e. The Bertz CT molecular complexity index is 714. The van der Waals surface area contributed by atoms with E-state index in [1.165, 1.54) is 64.5 Å². The molecule has 2 aliphatic heterocycles. The molecule has 5 nitrogen and oxygen atoms in total. The van der Waals surface area contributed by atoms with Gasteiger partial charge in [0.15, 0.2) is 5.11 Å². The number of anilines is 1. The molecule has 0 bridgehead atoms. The Morgan fingerprint density at radius 2 is 1.67 bits per heavy atom. The van der Waals surface area contributed by atoms with Crippen molar-refractivity contribution in [3.05, 3.63) is 29.8 Å². The highest BCUT2D eigenvalue weighted by Crippen LogP contribution is 2.36. The van der Waals surface area contributed by atoms with E-state index in [2.05, 4.69) is 20.4 Å². The number of piperidine rings is 2. The van der Waals surface area contributed by atoms with Crippen molar-refractivity contribution in [1.29, 1.82) is 0 Å². The number of carbonyl (C=O) groups excluding carboxylic acids is 1. The molecule has 1 aliphatic carbocycles. The minimum Gasteiger partial charge on any atom is -0.361 e. The van der Waals surface area contributed by atoms with E-state index in [0.717, 1.165) is 37.3 Å². The fraction of sp³-hybridized carbons (Fsp3) is 0.667. The van der Waals surface area contributed by atoms with Crippen LogP contribution in [0.2, 0.25) is 0 Å². The lowest BCUT2D eigenvalue weighted by Gasteiger charge is -2.44. The van der Waals surface area contributed by atoms with Gasteiger partial charge in [0.05, 0.1) is 0 Å². The van der Waals surface area contributed by atoms with E-state index in [-0.39, 0.29) is 5.91 Å². The van der Waals surface area contributed by atoms with Crippen LogP contribution in [0.15, 0.2) is 24.3 Å². The number of thiocarbonyl (C=S) groups is 1. The van der Waals surface area contributed by atoms with Crippen molar-refractivity contribution in [2.24, 2.45) is 5.92 Å². The number of fused-ring (bicyclic) bond motifs is 1. The van der Waals surface area contributed by atoms with Crippen LogP contribution in [0.4, 0.5) is 5.69 Å². The van der Waals surface area contributed by atoms with Gasteiger partial charge in [0, 0.05) is 36.9 Å². The van der Waals surface area contributed by atoms with Crippen LogP contribution in [0.25, 0.3) is 0 Å². The van der Waals surface area contributed by atoms with Crippen LogP contribution in [-0.2, 0) is 0 Å². The molecule has 164 valence electrons. The summed E-state index contributed by atoms with van der Waals surface area (Å²) in [6.07, 6.45) is 11.5. The quantitative estimate of drug-likeness (QED) is 0.687. The minimum absolute atomic E-state index is 0.195. The first-order valence-corrected chi connectivity index (χ1v) is 12.3. The first kappa shape index (κ1) is 21.6. The Balaban J connectivity index is 1.26. The minimum atomic E-state index is 0.195. The third-order valence-electron chi connectivity index (χ3n) is 7.06. The van der Waals surface area contributed by atoms with Crippen molar-refractivity contribution in [2.75, 3.05) is 38.0 Å². The molecule has 2 atom stereocenters. The number of likely N-dealkylation sites (tertiary alicyclic amines) is 2. The molecular weight excluding hydrogens is 392 g/mol. The topological polar surface area (TPSA) is 47.6 Å². The van der Waals surface area contributed by atoms with Crippen LogP contribution < -0.4 is 10.6 Å². The average Bonchev–Trinajstić information content (AvgIpc) is 2.79. The monoisotopic (exact) mass is 428 g/mol. The Morgan fingerprint density at radius 1 is 0.933 bits per heavy atom. The average molecular weight is 429 g/mol. The van der Waals surface area contributed by atoms with E-state index in [0.29, 0.717) is 17.1 Å². The maximum atomic E-state index is 13.1. The van der Waals surface area contributed by atoms with Gasteiger partial charge < -0.3 is 20.4 Å². The third kappa shape index (κ3) is 5.52. The summed E-state index contributed by atoms with van der Waals surface area (Å²) in [4.78, 5) is 17.8. The second-order valence-electron chi connectivity index (χ2n) is 9.11. The second-order valence-corrected chi connectivity index (χ2v) is 9.52. The predicted molar refractivity (Wildman–Crippen MR) is 127 cm³/mol. The van der Waals surface area contributed by atoms with E-state index in [1.807, 2.05) is 24.3 Å². The summed E-state index contributed by atoms with van der Waals surface area (Å²) in [6, 6.07) is 8.26. The van der Waals surface area contributed by atoms with Crippen molar-refractivity contribution in [1.82, 2.24) is 15.1 Å². The normalized spacial score (nSPS) is 24.7.